The van der Waals surface area contributed by atoms with Crippen LogP contribution in [0.15, 0.2) is 41.0 Å². The molecule has 2 heterocycles. The first kappa shape index (κ1) is 20.3. The second kappa shape index (κ2) is 8.73. The van der Waals surface area contributed by atoms with E-state index in [1.807, 2.05) is 48.9 Å². The maximum Gasteiger partial charge on any atom is 0.230 e. The SMILES string of the molecule is Cc1nn(CC(C)C)c(C)c1CC(=O)Nc1ccnn1Cc1cccc(Br)c1. The van der Waals surface area contributed by atoms with Crippen LogP contribution in [-0.2, 0) is 24.3 Å². The summed E-state index contributed by atoms with van der Waals surface area (Å²) in [5.74, 6) is 1.13. The van der Waals surface area contributed by atoms with Crippen LogP contribution in [0.1, 0.15) is 36.4 Å². The van der Waals surface area contributed by atoms with E-state index in [9.17, 15) is 4.79 Å². The van der Waals surface area contributed by atoms with Crippen LogP contribution in [-0.4, -0.2) is 25.5 Å². The molecule has 0 fully saturated rings. The maximum absolute atomic E-state index is 12.7. The van der Waals surface area contributed by atoms with E-state index in [0.29, 0.717) is 24.7 Å². The largest absolute Gasteiger partial charge is 0.311 e. The van der Waals surface area contributed by atoms with Crippen LogP contribution in [0.25, 0.3) is 0 Å². The van der Waals surface area contributed by atoms with Gasteiger partial charge in [-0.25, -0.2) is 4.68 Å². The Morgan fingerprint density at radius 3 is 2.71 bits per heavy atom. The molecule has 0 aliphatic rings. The molecular weight excluding hydrogens is 418 g/mol. The lowest BCUT2D eigenvalue weighted by molar-refractivity contribution is -0.115. The normalized spacial score (nSPS) is 11.2. The van der Waals surface area contributed by atoms with Gasteiger partial charge in [0.25, 0.3) is 0 Å². The molecule has 1 aromatic carbocycles. The Morgan fingerprint density at radius 1 is 1.21 bits per heavy atom. The van der Waals surface area contributed by atoms with Crippen molar-refractivity contribution < 1.29 is 4.79 Å². The maximum atomic E-state index is 12.7. The van der Waals surface area contributed by atoms with Gasteiger partial charge >= 0.3 is 0 Å². The minimum absolute atomic E-state index is 0.0636. The highest BCUT2D eigenvalue weighted by molar-refractivity contribution is 9.10. The number of nitrogens with one attached hydrogen (secondary N) is 1. The van der Waals surface area contributed by atoms with E-state index in [4.69, 9.17) is 0 Å². The number of benzene rings is 1. The van der Waals surface area contributed by atoms with Crippen LogP contribution < -0.4 is 5.32 Å². The van der Waals surface area contributed by atoms with Crippen molar-refractivity contribution in [3.8, 4) is 0 Å². The number of carbonyl (C=O) groups is 1. The van der Waals surface area contributed by atoms with Gasteiger partial charge in [-0.1, -0.05) is 41.9 Å². The van der Waals surface area contributed by atoms with Crippen LogP contribution in [0, 0.1) is 19.8 Å². The number of hydrogen-bond donors (Lipinski definition) is 1. The number of anilines is 1. The molecule has 0 unspecified atom stereocenters. The van der Waals surface area contributed by atoms with E-state index in [1.165, 1.54) is 0 Å². The van der Waals surface area contributed by atoms with Gasteiger partial charge in [0.15, 0.2) is 0 Å². The van der Waals surface area contributed by atoms with E-state index in [-0.39, 0.29) is 5.91 Å². The van der Waals surface area contributed by atoms with Gasteiger partial charge in [0, 0.05) is 28.3 Å². The number of amides is 1. The van der Waals surface area contributed by atoms with E-state index >= 15 is 0 Å². The number of hydrogen-bond acceptors (Lipinski definition) is 3. The fourth-order valence-corrected chi connectivity index (χ4v) is 3.68. The zero-order valence-corrected chi connectivity index (χ0v) is 18.3. The average Bonchev–Trinajstić information content (AvgIpc) is 3.14. The van der Waals surface area contributed by atoms with Gasteiger partial charge < -0.3 is 5.32 Å². The summed E-state index contributed by atoms with van der Waals surface area (Å²) in [4.78, 5) is 12.7. The molecule has 0 aliphatic heterocycles. The van der Waals surface area contributed by atoms with Crippen LogP contribution >= 0.6 is 15.9 Å². The van der Waals surface area contributed by atoms with Crippen LogP contribution in [0.4, 0.5) is 5.82 Å². The molecule has 0 spiro atoms. The van der Waals surface area contributed by atoms with E-state index in [1.54, 1.807) is 10.9 Å². The molecule has 0 bridgehead atoms. The van der Waals surface area contributed by atoms with Crippen molar-refractivity contribution in [3.05, 3.63) is 63.5 Å². The fourth-order valence-electron chi connectivity index (χ4n) is 3.23. The van der Waals surface area contributed by atoms with Crippen LogP contribution in [0.5, 0.6) is 0 Å². The quantitative estimate of drug-likeness (QED) is 0.590. The minimum atomic E-state index is -0.0636. The first-order chi connectivity index (χ1) is 13.3. The fraction of sp³-hybridized carbons (Fsp3) is 0.381. The molecule has 7 heteroatoms. The summed E-state index contributed by atoms with van der Waals surface area (Å²) in [5, 5.41) is 11.9. The summed E-state index contributed by atoms with van der Waals surface area (Å²) in [7, 11) is 0. The number of rotatable bonds is 7. The van der Waals surface area contributed by atoms with E-state index in [0.717, 1.165) is 33.5 Å². The summed E-state index contributed by atoms with van der Waals surface area (Å²) in [5.41, 5.74) is 4.08. The number of aryl methyl sites for hydroxylation is 1. The standard InChI is InChI=1S/C21H26BrN5O/c1-14(2)12-26-16(4)19(15(3)25-26)11-21(28)24-20-8-9-23-27(20)13-17-6-5-7-18(22)10-17/h5-10,14H,11-13H2,1-4H3,(H,24,28). The molecule has 3 aromatic rings. The summed E-state index contributed by atoms with van der Waals surface area (Å²) in [6.45, 7) is 9.76. The first-order valence-electron chi connectivity index (χ1n) is 9.42. The van der Waals surface area contributed by atoms with Gasteiger partial charge in [-0.2, -0.15) is 10.2 Å². The molecular formula is C21H26BrN5O. The van der Waals surface area contributed by atoms with Crippen LogP contribution in [0.2, 0.25) is 0 Å². The molecule has 6 nitrogen and oxygen atoms in total. The molecule has 148 valence electrons. The average molecular weight is 444 g/mol. The molecule has 1 N–H and O–H groups in total. The van der Waals surface area contributed by atoms with E-state index in [2.05, 4.69) is 45.3 Å². The first-order valence-corrected chi connectivity index (χ1v) is 10.2. The summed E-state index contributed by atoms with van der Waals surface area (Å²) < 4.78 is 4.81. The highest BCUT2D eigenvalue weighted by Crippen LogP contribution is 2.18. The summed E-state index contributed by atoms with van der Waals surface area (Å²) in [6.07, 6.45) is 2.00. The molecule has 0 radical (unpaired) electrons. The molecule has 0 aliphatic carbocycles. The van der Waals surface area contributed by atoms with Gasteiger partial charge in [-0.3, -0.25) is 9.48 Å². The van der Waals surface area contributed by atoms with Crippen LogP contribution in [0.3, 0.4) is 0 Å². The topological polar surface area (TPSA) is 64.7 Å². The van der Waals surface area contributed by atoms with Crippen molar-refractivity contribution in [1.29, 1.82) is 0 Å². The second-order valence-corrected chi connectivity index (χ2v) is 8.37. The lowest BCUT2D eigenvalue weighted by Gasteiger charge is -2.10. The summed E-state index contributed by atoms with van der Waals surface area (Å²) >= 11 is 3.49. The third-order valence-corrected chi connectivity index (χ3v) is 5.11. The van der Waals surface area contributed by atoms with Gasteiger partial charge in [0.2, 0.25) is 5.91 Å². The van der Waals surface area contributed by atoms with Crippen molar-refractivity contribution >= 4 is 27.7 Å². The van der Waals surface area contributed by atoms with Crippen molar-refractivity contribution in [2.75, 3.05) is 5.32 Å². The molecule has 0 atom stereocenters. The predicted molar refractivity (Wildman–Crippen MR) is 114 cm³/mol. The Balaban J connectivity index is 1.70. The highest BCUT2D eigenvalue weighted by Gasteiger charge is 2.16. The monoisotopic (exact) mass is 443 g/mol. The van der Waals surface area contributed by atoms with Crippen molar-refractivity contribution in [3.63, 3.8) is 0 Å². The number of nitrogens with zero attached hydrogens (tertiary/aromatic N) is 4. The van der Waals surface area contributed by atoms with Gasteiger partial charge in [-0.05, 0) is 37.5 Å². The molecule has 28 heavy (non-hydrogen) atoms. The number of carbonyl (C=O) groups excluding carboxylic acids is 1. The van der Waals surface area contributed by atoms with Gasteiger partial charge in [0.1, 0.15) is 5.82 Å². The predicted octanol–water partition coefficient (Wildman–Crippen LogP) is 4.34. The van der Waals surface area contributed by atoms with Gasteiger partial charge in [-0.15, -0.1) is 0 Å². The lowest BCUT2D eigenvalue weighted by atomic mass is 10.1. The zero-order valence-electron chi connectivity index (χ0n) is 16.7. The molecule has 1 amide bonds. The highest BCUT2D eigenvalue weighted by atomic mass is 79.9. The Morgan fingerprint density at radius 2 is 2.00 bits per heavy atom. The van der Waals surface area contributed by atoms with E-state index < -0.39 is 0 Å². The second-order valence-electron chi connectivity index (χ2n) is 7.45. The molecule has 0 saturated carbocycles. The van der Waals surface area contributed by atoms with Gasteiger partial charge in [0.05, 0.1) is 24.9 Å². The Kier molecular flexibility index (Phi) is 6.34. The molecule has 3 rings (SSSR count). The smallest absolute Gasteiger partial charge is 0.230 e. The third-order valence-electron chi connectivity index (χ3n) is 4.61. The Hall–Kier alpha value is -2.41. The minimum Gasteiger partial charge on any atom is -0.311 e. The molecule has 2 aromatic heterocycles. The van der Waals surface area contributed by atoms with Crippen molar-refractivity contribution in [2.24, 2.45) is 5.92 Å². The summed E-state index contributed by atoms with van der Waals surface area (Å²) in [6, 6.07) is 9.87. The van der Waals surface area contributed by atoms with Crippen molar-refractivity contribution in [2.45, 2.75) is 47.2 Å². The Labute approximate surface area is 174 Å². The number of aromatic nitrogens is 4. The zero-order chi connectivity index (χ0) is 20.3. The lowest BCUT2D eigenvalue weighted by Crippen LogP contribution is -2.18. The molecule has 0 saturated heterocycles. The Bertz CT molecular complexity index is 973. The third kappa shape index (κ3) is 4.90. The van der Waals surface area contributed by atoms with Crippen molar-refractivity contribution in [1.82, 2.24) is 19.6 Å². The number of halogens is 1.